The van der Waals surface area contributed by atoms with Gasteiger partial charge in [0.05, 0.1) is 5.56 Å². The first-order chi connectivity index (χ1) is 14.3. The molecule has 0 spiro atoms. The molecular formula is C23H21N3O3. The van der Waals surface area contributed by atoms with Gasteiger partial charge < -0.3 is 19.7 Å². The molecule has 1 amide bonds. The molecule has 0 saturated heterocycles. The first-order valence-electron chi connectivity index (χ1n) is 9.76. The SMILES string of the molecule is O=C(c1ccc(NCc2ccc3c(c2)OCO3)nc1)N1CCCc2ccccc21. The predicted octanol–water partition coefficient (Wildman–Crippen LogP) is 4.02. The molecule has 1 N–H and O–H groups in total. The molecule has 6 heteroatoms. The molecule has 0 unspecified atom stereocenters. The Morgan fingerprint density at radius 3 is 2.86 bits per heavy atom. The van der Waals surface area contributed by atoms with Crippen molar-refractivity contribution >= 4 is 17.4 Å². The number of carbonyl (C=O) groups is 1. The number of nitrogens with zero attached hydrogens (tertiary/aromatic N) is 2. The maximum absolute atomic E-state index is 13.0. The van der Waals surface area contributed by atoms with Crippen LogP contribution < -0.4 is 19.7 Å². The Morgan fingerprint density at radius 1 is 1.07 bits per heavy atom. The highest BCUT2D eigenvalue weighted by molar-refractivity contribution is 6.06. The molecule has 0 radical (unpaired) electrons. The molecule has 2 aliphatic heterocycles. The smallest absolute Gasteiger partial charge is 0.259 e. The third-order valence-corrected chi connectivity index (χ3v) is 5.28. The monoisotopic (exact) mass is 387 g/mol. The molecule has 2 aromatic carbocycles. The summed E-state index contributed by atoms with van der Waals surface area (Å²) in [7, 11) is 0. The van der Waals surface area contributed by atoms with E-state index in [9.17, 15) is 4.79 Å². The van der Waals surface area contributed by atoms with Gasteiger partial charge >= 0.3 is 0 Å². The number of hydrogen-bond acceptors (Lipinski definition) is 5. The van der Waals surface area contributed by atoms with Crippen molar-refractivity contribution in [3.63, 3.8) is 0 Å². The number of hydrogen-bond donors (Lipinski definition) is 1. The molecule has 146 valence electrons. The summed E-state index contributed by atoms with van der Waals surface area (Å²) < 4.78 is 10.7. The molecule has 0 atom stereocenters. The van der Waals surface area contributed by atoms with Gasteiger partial charge in [-0.3, -0.25) is 4.79 Å². The standard InChI is InChI=1S/C23H21N3O3/c27-23(26-11-3-5-17-4-1-2-6-19(17)26)18-8-10-22(25-14-18)24-13-16-7-9-20-21(12-16)29-15-28-20/h1-2,4,6-10,12,14H,3,5,11,13,15H2,(H,24,25). The van der Waals surface area contributed by atoms with Crippen LogP contribution in [0.4, 0.5) is 11.5 Å². The number of carbonyl (C=O) groups excluding carboxylic acids is 1. The van der Waals surface area contributed by atoms with Crippen LogP contribution in [0.5, 0.6) is 11.5 Å². The zero-order chi connectivity index (χ0) is 19.6. The average molecular weight is 387 g/mol. The summed E-state index contributed by atoms with van der Waals surface area (Å²) in [5.41, 5.74) is 3.90. The Morgan fingerprint density at radius 2 is 1.97 bits per heavy atom. The summed E-state index contributed by atoms with van der Waals surface area (Å²) >= 11 is 0. The quantitative estimate of drug-likeness (QED) is 0.733. The van der Waals surface area contributed by atoms with E-state index in [2.05, 4.69) is 16.4 Å². The van der Waals surface area contributed by atoms with Gasteiger partial charge in [0.15, 0.2) is 11.5 Å². The highest BCUT2D eigenvalue weighted by atomic mass is 16.7. The molecule has 3 heterocycles. The molecule has 6 nitrogen and oxygen atoms in total. The van der Waals surface area contributed by atoms with Crippen LogP contribution >= 0.6 is 0 Å². The van der Waals surface area contributed by atoms with E-state index in [1.807, 2.05) is 53.4 Å². The summed E-state index contributed by atoms with van der Waals surface area (Å²) in [6.07, 6.45) is 3.63. The minimum atomic E-state index is -0.00743. The lowest BCUT2D eigenvalue weighted by Gasteiger charge is -2.29. The lowest BCUT2D eigenvalue weighted by molar-refractivity contribution is 0.0985. The summed E-state index contributed by atoms with van der Waals surface area (Å²) in [6.45, 7) is 1.61. The van der Waals surface area contributed by atoms with Crippen LogP contribution in [0.25, 0.3) is 0 Å². The van der Waals surface area contributed by atoms with Crippen molar-refractivity contribution in [1.82, 2.24) is 4.98 Å². The summed E-state index contributed by atoms with van der Waals surface area (Å²) in [6, 6.07) is 17.6. The van der Waals surface area contributed by atoms with Gasteiger partial charge in [0, 0.05) is 25.0 Å². The van der Waals surface area contributed by atoms with Crippen LogP contribution in [0, 0.1) is 0 Å². The van der Waals surface area contributed by atoms with Gasteiger partial charge in [-0.1, -0.05) is 24.3 Å². The molecule has 29 heavy (non-hydrogen) atoms. The molecule has 5 rings (SSSR count). The minimum absolute atomic E-state index is 0.00743. The van der Waals surface area contributed by atoms with Crippen LogP contribution in [-0.2, 0) is 13.0 Å². The Bertz CT molecular complexity index is 1050. The summed E-state index contributed by atoms with van der Waals surface area (Å²) in [4.78, 5) is 19.3. The average Bonchev–Trinajstić information content (AvgIpc) is 3.25. The second-order valence-electron chi connectivity index (χ2n) is 7.16. The number of aryl methyl sites for hydroxylation is 1. The number of anilines is 2. The third-order valence-electron chi connectivity index (χ3n) is 5.28. The number of pyridine rings is 1. The molecule has 3 aromatic rings. The van der Waals surface area contributed by atoms with Crippen LogP contribution in [0.3, 0.4) is 0 Å². The normalized spacial score (nSPS) is 14.4. The topological polar surface area (TPSA) is 63.7 Å². The van der Waals surface area contributed by atoms with Crippen LogP contribution in [0.2, 0.25) is 0 Å². The molecule has 0 fully saturated rings. The number of fused-ring (bicyclic) bond motifs is 2. The van der Waals surface area contributed by atoms with Crippen molar-refractivity contribution in [2.24, 2.45) is 0 Å². The zero-order valence-electron chi connectivity index (χ0n) is 15.9. The number of ether oxygens (including phenoxy) is 2. The van der Waals surface area contributed by atoms with Crippen LogP contribution in [-0.4, -0.2) is 24.2 Å². The number of amides is 1. The molecular weight excluding hydrogens is 366 g/mol. The summed E-state index contributed by atoms with van der Waals surface area (Å²) in [5, 5.41) is 3.28. The Labute approximate surface area is 169 Å². The number of para-hydroxylation sites is 1. The maximum Gasteiger partial charge on any atom is 0.259 e. The van der Waals surface area contributed by atoms with Gasteiger partial charge in [-0.05, 0) is 54.3 Å². The van der Waals surface area contributed by atoms with Crippen molar-refractivity contribution < 1.29 is 14.3 Å². The first kappa shape index (κ1) is 17.6. The highest BCUT2D eigenvalue weighted by Gasteiger charge is 2.23. The van der Waals surface area contributed by atoms with Crippen molar-refractivity contribution in [1.29, 1.82) is 0 Å². The van der Waals surface area contributed by atoms with Gasteiger partial charge in [-0.15, -0.1) is 0 Å². The Kier molecular flexibility index (Phi) is 4.52. The fourth-order valence-corrected chi connectivity index (χ4v) is 3.77. The van der Waals surface area contributed by atoms with E-state index in [4.69, 9.17) is 9.47 Å². The van der Waals surface area contributed by atoms with E-state index < -0.39 is 0 Å². The van der Waals surface area contributed by atoms with Crippen LogP contribution in [0.15, 0.2) is 60.8 Å². The fourth-order valence-electron chi connectivity index (χ4n) is 3.77. The predicted molar refractivity (Wildman–Crippen MR) is 111 cm³/mol. The lowest BCUT2D eigenvalue weighted by Crippen LogP contribution is -2.35. The van der Waals surface area contributed by atoms with Gasteiger partial charge in [0.2, 0.25) is 6.79 Å². The van der Waals surface area contributed by atoms with E-state index >= 15 is 0 Å². The molecule has 0 saturated carbocycles. The van der Waals surface area contributed by atoms with E-state index in [1.54, 1.807) is 6.20 Å². The van der Waals surface area contributed by atoms with E-state index in [-0.39, 0.29) is 12.7 Å². The molecule has 0 bridgehead atoms. The van der Waals surface area contributed by atoms with Crippen molar-refractivity contribution in [3.8, 4) is 11.5 Å². The maximum atomic E-state index is 13.0. The summed E-state index contributed by atoms with van der Waals surface area (Å²) in [5.74, 6) is 2.25. The second-order valence-corrected chi connectivity index (χ2v) is 7.16. The first-order valence-corrected chi connectivity index (χ1v) is 9.76. The third kappa shape index (κ3) is 3.49. The number of nitrogens with one attached hydrogen (secondary N) is 1. The van der Waals surface area contributed by atoms with E-state index in [0.717, 1.165) is 48.0 Å². The van der Waals surface area contributed by atoms with E-state index in [1.165, 1.54) is 5.56 Å². The number of rotatable bonds is 4. The van der Waals surface area contributed by atoms with E-state index in [0.29, 0.717) is 12.1 Å². The van der Waals surface area contributed by atoms with Crippen molar-refractivity contribution in [3.05, 3.63) is 77.5 Å². The lowest BCUT2D eigenvalue weighted by atomic mass is 10.0. The van der Waals surface area contributed by atoms with Gasteiger partial charge in [0.25, 0.3) is 5.91 Å². The number of aromatic nitrogens is 1. The zero-order valence-corrected chi connectivity index (χ0v) is 15.9. The number of benzene rings is 2. The largest absolute Gasteiger partial charge is 0.454 e. The van der Waals surface area contributed by atoms with Gasteiger partial charge in [0.1, 0.15) is 5.82 Å². The Hall–Kier alpha value is -3.54. The Balaban J connectivity index is 1.26. The fraction of sp³-hybridized carbons (Fsp3) is 0.217. The molecule has 2 aliphatic rings. The molecule has 1 aromatic heterocycles. The van der Waals surface area contributed by atoms with Crippen LogP contribution in [0.1, 0.15) is 27.9 Å². The molecule has 0 aliphatic carbocycles. The second kappa shape index (κ2) is 7.47. The highest BCUT2D eigenvalue weighted by Crippen LogP contribution is 2.32. The van der Waals surface area contributed by atoms with Crippen molar-refractivity contribution in [2.75, 3.05) is 23.6 Å². The van der Waals surface area contributed by atoms with Gasteiger partial charge in [-0.25, -0.2) is 4.98 Å². The van der Waals surface area contributed by atoms with Crippen molar-refractivity contribution in [2.45, 2.75) is 19.4 Å². The van der Waals surface area contributed by atoms with Gasteiger partial charge in [-0.2, -0.15) is 0 Å². The minimum Gasteiger partial charge on any atom is -0.454 e.